The van der Waals surface area contributed by atoms with E-state index in [1.165, 1.54) is 12.1 Å². The predicted molar refractivity (Wildman–Crippen MR) is 80.5 cm³/mol. The molecule has 21 heavy (non-hydrogen) atoms. The molecular formula is C17H20FNO2. The molecular weight excluding hydrogens is 269 g/mol. The van der Waals surface area contributed by atoms with E-state index in [2.05, 4.69) is 5.32 Å². The van der Waals surface area contributed by atoms with Gasteiger partial charge in [0.1, 0.15) is 11.6 Å². The average molecular weight is 289 g/mol. The fourth-order valence-corrected chi connectivity index (χ4v) is 1.92. The van der Waals surface area contributed by atoms with Crippen LogP contribution in [0.1, 0.15) is 18.1 Å². The van der Waals surface area contributed by atoms with E-state index in [9.17, 15) is 4.39 Å². The van der Waals surface area contributed by atoms with Gasteiger partial charge in [0.25, 0.3) is 0 Å². The first-order chi connectivity index (χ1) is 10.3. The second-order valence-electron chi connectivity index (χ2n) is 4.67. The summed E-state index contributed by atoms with van der Waals surface area (Å²) in [6.07, 6.45) is 0. The summed E-state index contributed by atoms with van der Waals surface area (Å²) in [6.45, 7) is 4.04. The molecule has 2 rings (SSSR count). The quantitative estimate of drug-likeness (QED) is 0.596. The van der Waals surface area contributed by atoms with Crippen LogP contribution in [0.5, 0.6) is 5.75 Å². The van der Waals surface area contributed by atoms with Crippen LogP contribution >= 0.6 is 0 Å². The number of halogens is 1. The van der Waals surface area contributed by atoms with Crippen molar-refractivity contribution in [3.63, 3.8) is 0 Å². The lowest BCUT2D eigenvalue weighted by Gasteiger charge is -2.09. The van der Waals surface area contributed by atoms with Gasteiger partial charge in [0.2, 0.25) is 0 Å². The molecule has 0 aromatic heterocycles. The Bertz CT molecular complexity index is 546. The molecule has 0 saturated heterocycles. The zero-order valence-corrected chi connectivity index (χ0v) is 12.1. The van der Waals surface area contributed by atoms with Crippen molar-refractivity contribution in [2.24, 2.45) is 0 Å². The van der Waals surface area contributed by atoms with Crippen molar-refractivity contribution < 1.29 is 13.9 Å². The average Bonchev–Trinajstić information content (AvgIpc) is 2.50. The van der Waals surface area contributed by atoms with Crippen LogP contribution in [0.3, 0.4) is 0 Å². The first-order valence-corrected chi connectivity index (χ1v) is 7.02. The standard InChI is InChI=1S/C17H20FNO2/c1-2-19-11-15-8-16(18)10-17(9-15)21-13-20-12-14-6-4-3-5-7-14/h3-10,19H,2,11-13H2,1H3. The van der Waals surface area contributed by atoms with Crippen molar-refractivity contribution in [1.29, 1.82) is 0 Å². The van der Waals surface area contributed by atoms with Crippen LogP contribution in [0, 0.1) is 5.82 Å². The minimum Gasteiger partial charge on any atom is -0.467 e. The van der Waals surface area contributed by atoms with E-state index in [1.807, 2.05) is 43.3 Å². The van der Waals surface area contributed by atoms with Gasteiger partial charge in [-0.2, -0.15) is 0 Å². The molecule has 112 valence electrons. The highest BCUT2D eigenvalue weighted by Gasteiger charge is 2.02. The van der Waals surface area contributed by atoms with Crippen LogP contribution in [0.2, 0.25) is 0 Å². The lowest BCUT2D eigenvalue weighted by molar-refractivity contribution is 0.00486. The Labute approximate surface area is 124 Å². The maximum Gasteiger partial charge on any atom is 0.189 e. The molecule has 0 aliphatic carbocycles. The van der Waals surface area contributed by atoms with E-state index in [0.29, 0.717) is 18.9 Å². The molecule has 0 unspecified atom stereocenters. The third kappa shape index (κ3) is 5.53. The SMILES string of the molecule is CCNCc1cc(F)cc(OCOCc2ccccc2)c1. The van der Waals surface area contributed by atoms with Gasteiger partial charge in [-0.1, -0.05) is 37.3 Å². The highest BCUT2D eigenvalue weighted by atomic mass is 19.1. The van der Waals surface area contributed by atoms with Crippen LogP contribution in [0.4, 0.5) is 4.39 Å². The van der Waals surface area contributed by atoms with Crippen LogP contribution in [0.25, 0.3) is 0 Å². The summed E-state index contributed by atoms with van der Waals surface area (Å²) in [7, 11) is 0. The summed E-state index contributed by atoms with van der Waals surface area (Å²) in [5, 5.41) is 3.15. The number of ether oxygens (including phenoxy) is 2. The molecule has 0 fully saturated rings. The highest BCUT2D eigenvalue weighted by Crippen LogP contribution is 2.16. The van der Waals surface area contributed by atoms with Crippen LogP contribution in [-0.2, 0) is 17.9 Å². The third-order valence-corrected chi connectivity index (χ3v) is 2.93. The van der Waals surface area contributed by atoms with E-state index < -0.39 is 0 Å². The molecule has 0 spiro atoms. The fourth-order valence-electron chi connectivity index (χ4n) is 1.92. The number of hydrogen-bond acceptors (Lipinski definition) is 3. The lowest BCUT2D eigenvalue weighted by atomic mass is 10.2. The van der Waals surface area contributed by atoms with E-state index >= 15 is 0 Å². The van der Waals surface area contributed by atoms with Crippen molar-refractivity contribution in [3.05, 3.63) is 65.5 Å². The highest BCUT2D eigenvalue weighted by molar-refractivity contribution is 5.29. The van der Waals surface area contributed by atoms with Crippen molar-refractivity contribution >= 4 is 0 Å². The third-order valence-electron chi connectivity index (χ3n) is 2.93. The molecule has 2 aromatic carbocycles. The largest absolute Gasteiger partial charge is 0.467 e. The normalized spacial score (nSPS) is 10.6. The first-order valence-electron chi connectivity index (χ1n) is 7.02. The van der Waals surface area contributed by atoms with Crippen LogP contribution in [-0.4, -0.2) is 13.3 Å². The molecule has 3 nitrogen and oxygen atoms in total. The minimum absolute atomic E-state index is 0.0962. The summed E-state index contributed by atoms with van der Waals surface area (Å²) in [5.74, 6) is 0.180. The van der Waals surface area contributed by atoms with E-state index in [0.717, 1.165) is 17.7 Å². The van der Waals surface area contributed by atoms with Crippen molar-refractivity contribution in [2.75, 3.05) is 13.3 Å². The van der Waals surface area contributed by atoms with Gasteiger partial charge in [-0.25, -0.2) is 4.39 Å². The molecule has 0 aliphatic heterocycles. The number of benzene rings is 2. The molecule has 1 N–H and O–H groups in total. The Kier molecular flexibility index (Phi) is 6.19. The number of nitrogens with one attached hydrogen (secondary N) is 1. The zero-order valence-electron chi connectivity index (χ0n) is 12.1. The molecule has 0 saturated carbocycles. The summed E-state index contributed by atoms with van der Waals surface area (Å²) >= 11 is 0. The topological polar surface area (TPSA) is 30.5 Å². The van der Waals surface area contributed by atoms with Crippen molar-refractivity contribution in [2.45, 2.75) is 20.1 Å². The molecule has 0 amide bonds. The van der Waals surface area contributed by atoms with Crippen LogP contribution in [0.15, 0.2) is 48.5 Å². The molecule has 0 heterocycles. The van der Waals surface area contributed by atoms with E-state index in [4.69, 9.17) is 9.47 Å². The molecule has 0 atom stereocenters. The predicted octanol–water partition coefficient (Wildman–Crippen LogP) is 3.49. The van der Waals surface area contributed by atoms with Gasteiger partial charge in [0, 0.05) is 12.6 Å². The van der Waals surface area contributed by atoms with Crippen molar-refractivity contribution in [3.8, 4) is 5.75 Å². The molecule has 0 radical (unpaired) electrons. The Morgan fingerprint density at radius 1 is 1.05 bits per heavy atom. The molecule has 2 aromatic rings. The van der Waals surface area contributed by atoms with Gasteiger partial charge >= 0.3 is 0 Å². The van der Waals surface area contributed by atoms with Gasteiger partial charge in [-0.3, -0.25) is 0 Å². The van der Waals surface area contributed by atoms with Gasteiger partial charge in [0.15, 0.2) is 6.79 Å². The summed E-state index contributed by atoms with van der Waals surface area (Å²) in [5.41, 5.74) is 1.93. The molecule has 4 heteroatoms. The Balaban J connectivity index is 1.81. The Morgan fingerprint density at radius 2 is 1.86 bits per heavy atom. The summed E-state index contributed by atoms with van der Waals surface area (Å²) in [6, 6.07) is 14.5. The fraction of sp³-hybridized carbons (Fsp3) is 0.294. The van der Waals surface area contributed by atoms with Gasteiger partial charge in [0.05, 0.1) is 6.61 Å². The van der Waals surface area contributed by atoms with E-state index in [1.54, 1.807) is 0 Å². The maximum atomic E-state index is 13.5. The Hall–Kier alpha value is -1.91. The molecule has 0 aliphatic rings. The van der Waals surface area contributed by atoms with Gasteiger partial charge in [-0.05, 0) is 29.8 Å². The first kappa shape index (κ1) is 15.5. The second kappa shape index (κ2) is 8.39. The minimum atomic E-state index is -0.302. The Morgan fingerprint density at radius 3 is 2.62 bits per heavy atom. The number of hydrogen-bond donors (Lipinski definition) is 1. The van der Waals surface area contributed by atoms with Crippen LogP contribution < -0.4 is 10.1 Å². The zero-order chi connectivity index (χ0) is 14.9. The van der Waals surface area contributed by atoms with Crippen molar-refractivity contribution in [1.82, 2.24) is 5.32 Å². The monoisotopic (exact) mass is 289 g/mol. The maximum absolute atomic E-state index is 13.5. The number of rotatable bonds is 8. The summed E-state index contributed by atoms with van der Waals surface area (Å²) < 4.78 is 24.3. The van der Waals surface area contributed by atoms with Gasteiger partial charge in [-0.15, -0.1) is 0 Å². The lowest BCUT2D eigenvalue weighted by Crippen LogP contribution is -2.12. The second-order valence-corrected chi connectivity index (χ2v) is 4.67. The molecule has 0 bridgehead atoms. The smallest absolute Gasteiger partial charge is 0.189 e. The van der Waals surface area contributed by atoms with Gasteiger partial charge < -0.3 is 14.8 Å². The summed E-state index contributed by atoms with van der Waals surface area (Å²) in [4.78, 5) is 0. The van der Waals surface area contributed by atoms with E-state index in [-0.39, 0.29) is 12.6 Å².